The van der Waals surface area contributed by atoms with Gasteiger partial charge < -0.3 is 10.6 Å². The second kappa shape index (κ2) is 8.66. The number of unbranched alkanes of at least 4 members (excludes halogenated alkanes) is 3. The van der Waals surface area contributed by atoms with Crippen molar-refractivity contribution in [3.63, 3.8) is 0 Å². The van der Waals surface area contributed by atoms with E-state index in [1.54, 1.807) is 0 Å². The second-order valence-electron chi connectivity index (χ2n) is 8.07. The van der Waals surface area contributed by atoms with Gasteiger partial charge in [-0.2, -0.15) is 0 Å². The van der Waals surface area contributed by atoms with Crippen molar-refractivity contribution >= 4 is 5.91 Å². The fourth-order valence-corrected chi connectivity index (χ4v) is 3.53. The van der Waals surface area contributed by atoms with Crippen LogP contribution in [0.3, 0.4) is 0 Å². The average molecular weight is 331 g/mol. The summed E-state index contributed by atoms with van der Waals surface area (Å²) in [5, 5.41) is 0. The van der Waals surface area contributed by atoms with Gasteiger partial charge in [0.15, 0.2) is 0 Å². The molecule has 1 aromatic rings. The van der Waals surface area contributed by atoms with Crippen LogP contribution in [0.4, 0.5) is 0 Å². The molecule has 1 aromatic carbocycles. The van der Waals surface area contributed by atoms with Crippen LogP contribution in [-0.2, 0) is 10.2 Å². The number of carbonyl (C=O) groups excluding carboxylic acids is 1. The summed E-state index contributed by atoms with van der Waals surface area (Å²) in [6, 6.07) is 9.16. The van der Waals surface area contributed by atoms with E-state index < -0.39 is 0 Å². The summed E-state index contributed by atoms with van der Waals surface area (Å²) in [4.78, 5) is 14.7. The quantitative estimate of drug-likeness (QED) is 0.745. The number of amides is 1. The van der Waals surface area contributed by atoms with Gasteiger partial charge in [0, 0.05) is 13.0 Å². The van der Waals surface area contributed by atoms with Crippen molar-refractivity contribution < 1.29 is 4.79 Å². The zero-order valence-corrected chi connectivity index (χ0v) is 15.7. The summed E-state index contributed by atoms with van der Waals surface area (Å²) >= 11 is 0. The van der Waals surface area contributed by atoms with Crippen LogP contribution in [0.5, 0.6) is 0 Å². The molecular weight excluding hydrogens is 296 g/mol. The lowest BCUT2D eigenvalue weighted by atomic mass is 9.86. The van der Waals surface area contributed by atoms with Crippen LogP contribution in [0, 0.1) is 0 Å². The van der Waals surface area contributed by atoms with Gasteiger partial charge in [-0.1, -0.05) is 57.9 Å². The molecule has 24 heavy (non-hydrogen) atoms. The molecule has 0 saturated carbocycles. The van der Waals surface area contributed by atoms with E-state index in [2.05, 4.69) is 49.9 Å². The van der Waals surface area contributed by atoms with Crippen molar-refractivity contribution in [2.45, 2.75) is 77.2 Å². The maximum atomic E-state index is 12.6. The maximum Gasteiger partial charge on any atom is 0.223 e. The summed E-state index contributed by atoms with van der Waals surface area (Å²) in [5.74, 6) is 0.324. The Hall–Kier alpha value is -1.35. The number of rotatable bonds is 7. The zero-order chi connectivity index (χ0) is 17.6. The lowest BCUT2D eigenvalue weighted by Gasteiger charge is -2.26. The fraction of sp³-hybridized carbons (Fsp3) is 0.667. The summed E-state index contributed by atoms with van der Waals surface area (Å²) in [7, 11) is 0. The van der Waals surface area contributed by atoms with Gasteiger partial charge in [-0.05, 0) is 48.8 Å². The topological polar surface area (TPSA) is 46.3 Å². The second-order valence-corrected chi connectivity index (χ2v) is 8.07. The molecule has 1 atom stereocenters. The lowest BCUT2D eigenvalue weighted by Crippen LogP contribution is -2.30. The van der Waals surface area contributed by atoms with Crippen LogP contribution in [-0.4, -0.2) is 23.9 Å². The van der Waals surface area contributed by atoms with Crippen LogP contribution in [0.2, 0.25) is 0 Å². The molecular formula is C21H34N2O. The van der Waals surface area contributed by atoms with Gasteiger partial charge in [-0.15, -0.1) is 0 Å². The SMILES string of the molecule is CC(C)(C)c1ccc(C2CCCN2C(=O)CCCCCCN)cc1. The molecule has 1 fully saturated rings. The van der Waals surface area contributed by atoms with E-state index in [9.17, 15) is 4.79 Å². The number of likely N-dealkylation sites (tertiary alicyclic amines) is 1. The molecule has 1 unspecified atom stereocenters. The first-order chi connectivity index (χ1) is 11.4. The molecule has 0 aliphatic carbocycles. The Morgan fingerprint density at radius 2 is 1.79 bits per heavy atom. The van der Waals surface area contributed by atoms with E-state index in [1.807, 2.05) is 0 Å². The molecule has 0 radical (unpaired) electrons. The Morgan fingerprint density at radius 1 is 1.12 bits per heavy atom. The van der Waals surface area contributed by atoms with Crippen LogP contribution < -0.4 is 5.73 Å². The van der Waals surface area contributed by atoms with Gasteiger partial charge in [0.1, 0.15) is 0 Å². The number of benzene rings is 1. The normalized spacial score (nSPS) is 18.2. The zero-order valence-electron chi connectivity index (χ0n) is 15.7. The van der Waals surface area contributed by atoms with E-state index in [0.29, 0.717) is 12.3 Å². The molecule has 1 saturated heterocycles. The third-order valence-corrected chi connectivity index (χ3v) is 5.08. The Labute approximate surface area is 147 Å². The first kappa shape index (κ1) is 19.0. The largest absolute Gasteiger partial charge is 0.336 e. The number of hydrogen-bond donors (Lipinski definition) is 1. The molecule has 1 aliphatic rings. The molecule has 1 heterocycles. The summed E-state index contributed by atoms with van der Waals surface area (Å²) < 4.78 is 0. The molecule has 2 rings (SSSR count). The highest BCUT2D eigenvalue weighted by Crippen LogP contribution is 2.34. The Balaban J connectivity index is 1.93. The van der Waals surface area contributed by atoms with Crippen LogP contribution >= 0.6 is 0 Å². The number of nitrogens with zero attached hydrogens (tertiary/aromatic N) is 1. The third kappa shape index (κ3) is 5.07. The molecule has 0 spiro atoms. The van der Waals surface area contributed by atoms with Gasteiger partial charge in [0.25, 0.3) is 0 Å². The van der Waals surface area contributed by atoms with Gasteiger partial charge in [0.05, 0.1) is 6.04 Å². The highest BCUT2D eigenvalue weighted by Gasteiger charge is 2.29. The molecule has 0 aromatic heterocycles. The Morgan fingerprint density at radius 3 is 2.42 bits per heavy atom. The summed E-state index contributed by atoms with van der Waals surface area (Å²) in [6.07, 6.45) is 7.20. The van der Waals surface area contributed by atoms with E-state index in [4.69, 9.17) is 5.73 Å². The Bertz CT molecular complexity index is 516. The van der Waals surface area contributed by atoms with Crippen molar-refractivity contribution in [3.05, 3.63) is 35.4 Å². The van der Waals surface area contributed by atoms with Crippen LogP contribution in [0.15, 0.2) is 24.3 Å². The van der Waals surface area contributed by atoms with Crippen molar-refractivity contribution in [1.29, 1.82) is 0 Å². The van der Waals surface area contributed by atoms with Crippen molar-refractivity contribution in [2.24, 2.45) is 5.73 Å². The molecule has 3 heteroatoms. The maximum absolute atomic E-state index is 12.6. The van der Waals surface area contributed by atoms with Crippen LogP contribution in [0.1, 0.15) is 82.9 Å². The van der Waals surface area contributed by atoms with Crippen molar-refractivity contribution in [1.82, 2.24) is 4.90 Å². The predicted octanol–water partition coefficient (Wildman–Crippen LogP) is 4.56. The van der Waals surface area contributed by atoms with Crippen molar-refractivity contribution in [3.8, 4) is 0 Å². The number of carbonyl (C=O) groups is 1. The molecule has 1 amide bonds. The minimum Gasteiger partial charge on any atom is -0.336 e. The third-order valence-electron chi connectivity index (χ3n) is 5.08. The van der Waals surface area contributed by atoms with Crippen molar-refractivity contribution in [2.75, 3.05) is 13.1 Å². The fourth-order valence-electron chi connectivity index (χ4n) is 3.53. The summed E-state index contributed by atoms with van der Waals surface area (Å²) in [6.45, 7) is 8.37. The van der Waals surface area contributed by atoms with E-state index >= 15 is 0 Å². The first-order valence-electron chi connectivity index (χ1n) is 9.53. The molecule has 1 aliphatic heterocycles. The standard InChI is InChI=1S/C21H34N2O/c1-21(2,3)18-13-11-17(12-14-18)19-9-8-16-23(19)20(24)10-6-4-5-7-15-22/h11-14,19H,4-10,15-16,22H2,1-3H3. The van der Waals surface area contributed by atoms with Gasteiger partial charge in [-0.25, -0.2) is 0 Å². The summed E-state index contributed by atoms with van der Waals surface area (Å²) in [5.41, 5.74) is 8.33. The number of nitrogens with two attached hydrogens (primary N) is 1. The van der Waals surface area contributed by atoms with Gasteiger partial charge in [0.2, 0.25) is 5.91 Å². The van der Waals surface area contributed by atoms with Crippen LogP contribution in [0.25, 0.3) is 0 Å². The number of hydrogen-bond acceptors (Lipinski definition) is 2. The molecule has 0 bridgehead atoms. The smallest absolute Gasteiger partial charge is 0.223 e. The predicted molar refractivity (Wildman–Crippen MR) is 101 cm³/mol. The minimum absolute atomic E-state index is 0.174. The first-order valence-corrected chi connectivity index (χ1v) is 9.53. The van der Waals surface area contributed by atoms with E-state index in [1.165, 1.54) is 11.1 Å². The lowest BCUT2D eigenvalue weighted by molar-refractivity contribution is -0.132. The van der Waals surface area contributed by atoms with E-state index in [-0.39, 0.29) is 11.5 Å². The average Bonchev–Trinajstić information content (AvgIpc) is 3.03. The Kier molecular flexibility index (Phi) is 6.85. The molecule has 134 valence electrons. The minimum atomic E-state index is 0.174. The highest BCUT2D eigenvalue weighted by atomic mass is 16.2. The molecule has 3 nitrogen and oxygen atoms in total. The molecule has 2 N–H and O–H groups in total. The van der Waals surface area contributed by atoms with Gasteiger partial charge >= 0.3 is 0 Å². The van der Waals surface area contributed by atoms with Gasteiger partial charge in [-0.3, -0.25) is 4.79 Å². The monoisotopic (exact) mass is 330 g/mol. The van der Waals surface area contributed by atoms with E-state index in [0.717, 1.165) is 51.6 Å². The highest BCUT2D eigenvalue weighted by molar-refractivity contribution is 5.77.